The standard InChI is InChI=1S/C25H30Cl2F9N2.ClH/c26-20-11-10-12-21(27)19(20)17-38-16-15-37(18-38)14-9-7-5-3-1-2-4-6-8-13-22(28,29)23(30,31)24(32,33)25(34,35)36;/h10-12,15-16,18H,1-9,13-14,17H2;1H/q+1;/p-1. The molecule has 2 aromatic rings. The summed E-state index contributed by atoms with van der Waals surface area (Å²) in [5.41, 5.74) is 0.841. The number of nitrogens with zero attached hydrogens (tertiary/aromatic N) is 2. The van der Waals surface area contributed by atoms with E-state index in [-0.39, 0.29) is 18.8 Å². The Morgan fingerprint density at radius 3 is 1.69 bits per heavy atom. The van der Waals surface area contributed by atoms with Gasteiger partial charge in [-0.25, -0.2) is 9.13 Å². The van der Waals surface area contributed by atoms with Gasteiger partial charge in [0.25, 0.3) is 0 Å². The van der Waals surface area contributed by atoms with Gasteiger partial charge >= 0.3 is 23.9 Å². The number of hydrogen-bond donors (Lipinski definition) is 0. The highest BCUT2D eigenvalue weighted by Crippen LogP contribution is 2.54. The van der Waals surface area contributed by atoms with Crippen LogP contribution in [0.4, 0.5) is 39.5 Å². The van der Waals surface area contributed by atoms with Gasteiger partial charge < -0.3 is 12.4 Å². The third kappa shape index (κ3) is 9.63. The molecule has 0 saturated heterocycles. The van der Waals surface area contributed by atoms with E-state index in [1.165, 1.54) is 0 Å². The van der Waals surface area contributed by atoms with Crippen LogP contribution in [0.5, 0.6) is 0 Å². The van der Waals surface area contributed by atoms with Crippen LogP contribution in [0.15, 0.2) is 36.9 Å². The molecule has 0 fully saturated rings. The Hall–Kier alpha value is -1.33. The molecule has 0 amide bonds. The summed E-state index contributed by atoms with van der Waals surface area (Å²) in [6, 6.07) is 5.35. The van der Waals surface area contributed by atoms with Crippen molar-refractivity contribution in [1.29, 1.82) is 0 Å². The van der Waals surface area contributed by atoms with Crippen LogP contribution in [0.25, 0.3) is 0 Å². The van der Waals surface area contributed by atoms with Crippen molar-refractivity contribution in [2.24, 2.45) is 0 Å². The van der Waals surface area contributed by atoms with E-state index in [2.05, 4.69) is 4.57 Å². The van der Waals surface area contributed by atoms with E-state index in [4.69, 9.17) is 23.2 Å². The maximum Gasteiger partial charge on any atom is 0.460 e. The van der Waals surface area contributed by atoms with Crippen molar-refractivity contribution < 1.29 is 56.5 Å². The normalized spacial score (nSPS) is 13.0. The average Bonchev–Trinajstić information content (AvgIpc) is 3.26. The van der Waals surface area contributed by atoms with Crippen molar-refractivity contribution in [3.05, 3.63) is 52.5 Å². The third-order valence-corrected chi connectivity index (χ3v) is 6.97. The molecule has 2 nitrogen and oxygen atoms in total. The van der Waals surface area contributed by atoms with Crippen molar-refractivity contribution >= 4 is 23.2 Å². The lowest BCUT2D eigenvalue weighted by Gasteiger charge is -2.33. The Balaban J connectivity index is 0.00000760. The molecule has 0 saturated carbocycles. The fourth-order valence-electron chi connectivity index (χ4n) is 3.97. The Morgan fingerprint density at radius 2 is 1.18 bits per heavy atom. The summed E-state index contributed by atoms with van der Waals surface area (Å²) >= 11 is 12.4. The van der Waals surface area contributed by atoms with Crippen LogP contribution in [0, 0.1) is 0 Å². The Labute approximate surface area is 237 Å². The summed E-state index contributed by atoms with van der Waals surface area (Å²) < 4.78 is 120. The third-order valence-electron chi connectivity index (χ3n) is 6.27. The zero-order valence-electron chi connectivity index (χ0n) is 20.9. The van der Waals surface area contributed by atoms with Gasteiger partial charge in [-0.2, -0.15) is 39.5 Å². The molecule has 39 heavy (non-hydrogen) atoms. The van der Waals surface area contributed by atoms with E-state index in [9.17, 15) is 39.5 Å². The highest BCUT2D eigenvalue weighted by atomic mass is 35.5. The molecule has 224 valence electrons. The van der Waals surface area contributed by atoms with E-state index in [0.717, 1.165) is 44.2 Å². The molecule has 1 aromatic carbocycles. The molecule has 14 heteroatoms. The largest absolute Gasteiger partial charge is 1.00 e. The first-order valence-corrected chi connectivity index (χ1v) is 13.0. The van der Waals surface area contributed by atoms with Gasteiger partial charge in [-0.1, -0.05) is 67.8 Å². The summed E-state index contributed by atoms with van der Waals surface area (Å²) in [5, 5.41) is 1.20. The average molecular weight is 636 g/mol. The van der Waals surface area contributed by atoms with Crippen LogP contribution in [-0.4, -0.2) is 28.5 Å². The first-order chi connectivity index (χ1) is 17.6. The summed E-state index contributed by atoms with van der Waals surface area (Å²) in [5.74, 6) is -18.8. The van der Waals surface area contributed by atoms with E-state index >= 15 is 0 Å². The highest BCUT2D eigenvalue weighted by molar-refractivity contribution is 6.35. The summed E-state index contributed by atoms with van der Waals surface area (Å²) in [6.07, 6.45) is 2.32. The minimum atomic E-state index is -6.81. The van der Waals surface area contributed by atoms with Crippen LogP contribution in [0.2, 0.25) is 10.0 Å². The van der Waals surface area contributed by atoms with Crippen molar-refractivity contribution in [3.63, 3.8) is 0 Å². The lowest BCUT2D eigenvalue weighted by molar-refractivity contribution is -0.687. The van der Waals surface area contributed by atoms with Gasteiger partial charge in [0.2, 0.25) is 6.33 Å². The molecule has 0 bridgehead atoms. The molecule has 2 rings (SSSR count). The number of benzene rings is 1. The van der Waals surface area contributed by atoms with Crippen molar-refractivity contribution in [2.75, 3.05) is 0 Å². The van der Waals surface area contributed by atoms with Crippen LogP contribution in [0.1, 0.15) is 69.8 Å². The predicted octanol–water partition coefficient (Wildman–Crippen LogP) is 6.50. The number of aromatic nitrogens is 2. The number of halogens is 12. The van der Waals surface area contributed by atoms with Crippen LogP contribution in [-0.2, 0) is 13.1 Å². The van der Waals surface area contributed by atoms with Crippen molar-refractivity contribution in [3.8, 4) is 0 Å². The number of unbranched alkanes of at least 4 members (excludes halogenated alkanes) is 8. The van der Waals surface area contributed by atoms with E-state index < -0.39 is 36.8 Å². The van der Waals surface area contributed by atoms with E-state index in [0.29, 0.717) is 29.4 Å². The van der Waals surface area contributed by atoms with Gasteiger partial charge in [-0.3, -0.25) is 0 Å². The molecule has 1 aromatic heterocycles. The van der Waals surface area contributed by atoms with Gasteiger partial charge in [-0.15, -0.1) is 0 Å². The Morgan fingerprint density at radius 1 is 0.692 bits per heavy atom. The molecule has 0 atom stereocenters. The van der Waals surface area contributed by atoms with Gasteiger partial charge in [-0.05, 0) is 31.4 Å². The minimum Gasteiger partial charge on any atom is -1.00 e. The molecule has 0 aliphatic carbocycles. The van der Waals surface area contributed by atoms with Crippen LogP contribution < -0.4 is 17.0 Å². The zero-order valence-corrected chi connectivity index (χ0v) is 23.1. The first kappa shape index (κ1) is 35.7. The molecule has 0 aliphatic rings. The van der Waals surface area contributed by atoms with Gasteiger partial charge in [0.1, 0.15) is 18.9 Å². The molecule has 0 unspecified atom stereocenters. The number of aryl methyl sites for hydroxylation is 1. The number of imidazole rings is 1. The SMILES string of the molecule is FC(F)(F)C(F)(F)C(F)(F)C(F)(F)CCCCCCCCCCCn1cc[n+](Cc2c(Cl)cccc2Cl)c1.[Cl-]. The smallest absolute Gasteiger partial charge is 0.460 e. The maximum absolute atomic E-state index is 13.5. The van der Waals surface area contributed by atoms with E-state index in [1.807, 2.05) is 23.3 Å². The molecular weight excluding hydrogens is 606 g/mol. The quantitative estimate of drug-likeness (QED) is 0.113. The summed E-state index contributed by atoms with van der Waals surface area (Å²) in [7, 11) is 0. The molecule has 0 spiro atoms. The zero-order chi connectivity index (χ0) is 28.6. The highest BCUT2D eigenvalue weighted by Gasteiger charge is 2.81. The fourth-order valence-corrected chi connectivity index (χ4v) is 4.49. The van der Waals surface area contributed by atoms with Crippen molar-refractivity contribution in [2.45, 2.75) is 101 Å². The second kappa shape index (κ2) is 15.1. The lowest BCUT2D eigenvalue weighted by Crippen LogP contribution is -3.00. The molecule has 1 heterocycles. The number of rotatable bonds is 16. The minimum absolute atomic E-state index is 0. The van der Waals surface area contributed by atoms with Crippen LogP contribution >= 0.6 is 23.2 Å². The first-order valence-electron chi connectivity index (χ1n) is 12.3. The predicted molar refractivity (Wildman–Crippen MR) is 127 cm³/mol. The molecular formula is C25H30Cl3F9N2. The van der Waals surface area contributed by atoms with Gasteiger partial charge in [0, 0.05) is 22.0 Å². The maximum atomic E-state index is 13.5. The summed E-state index contributed by atoms with van der Waals surface area (Å²) in [6.45, 7) is 1.36. The molecule has 0 radical (unpaired) electrons. The second-order valence-electron chi connectivity index (χ2n) is 9.31. The second-order valence-corrected chi connectivity index (χ2v) is 10.1. The lowest BCUT2D eigenvalue weighted by atomic mass is 9.97. The Kier molecular flexibility index (Phi) is 13.8. The fraction of sp³-hybridized carbons (Fsp3) is 0.640. The van der Waals surface area contributed by atoms with Gasteiger partial charge in [0.05, 0.1) is 6.54 Å². The van der Waals surface area contributed by atoms with E-state index in [1.54, 1.807) is 18.2 Å². The number of alkyl halides is 9. The molecule has 0 N–H and O–H groups in total. The Bertz CT molecular complexity index is 991. The topological polar surface area (TPSA) is 8.81 Å². The monoisotopic (exact) mass is 634 g/mol. The van der Waals surface area contributed by atoms with Crippen LogP contribution in [0.3, 0.4) is 0 Å². The van der Waals surface area contributed by atoms with Gasteiger partial charge in [0.15, 0.2) is 0 Å². The van der Waals surface area contributed by atoms with Crippen molar-refractivity contribution in [1.82, 2.24) is 4.57 Å². The number of hydrogen-bond acceptors (Lipinski definition) is 0. The summed E-state index contributed by atoms with van der Waals surface area (Å²) in [4.78, 5) is 0. The molecule has 0 aliphatic heterocycles.